The highest BCUT2D eigenvalue weighted by atomic mass is 32.1. The maximum absolute atomic E-state index is 12.2. The zero-order chi connectivity index (χ0) is 19.1. The van der Waals surface area contributed by atoms with Crippen molar-refractivity contribution in [3.63, 3.8) is 0 Å². The number of hydrogen-bond donors (Lipinski definition) is 2. The molecule has 0 saturated carbocycles. The minimum atomic E-state index is -0.373. The molecule has 0 atom stereocenters. The van der Waals surface area contributed by atoms with Crippen molar-refractivity contribution in [2.24, 2.45) is 0 Å². The van der Waals surface area contributed by atoms with Crippen LogP contribution in [0.25, 0.3) is 0 Å². The van der Waals surface area contributed by atoms with E-state index in [1.54, 1.807) is 38.4 Å². The van der Waals surface area contributed by atoms with Gasteiger partial charge in [-0.3, -0.25) is 29.7 Å². The number of amides is 3. The van der Waals surface area contributed by atoms with Crippen molar-refractivity contribution in [2.75, 3.05) is 33.9 Å². The summed E-state index contributed by atoms with van der Waals surface area (Å²) in [5, 5.41) is 4.76. The average molecular weight is 378 g/mol. The summed E-state index contributed by atoms with van der Waals surface area (Å²) in [6, 6.07) is 6.62. The van der Waals surface area contributed by atoms with E-state index in [1.165, 1.54) is 5.01 Å². The third kappa shape index (κ3) is 4.77. The third-order valence-corrected chi connectivity index (χ3v) is 4.26. The molecule has 2 rings (SSSR count). The summed E-state index contributed by atoms with van der Waals surface area (Å²) < 4.78 is 4.94. The second-order valence-corrected chi connectivity index (χ2v) is 6.12. The van der Waals surface area contributed by atoms with Crippen LogP contribution >= 0.6 is 12.2 Å². The van der Waals surface area contributed by atoms with Gasteiger partial charge < -0.3 is 10.1 Å². The summed E-state index contributed by atoms with van der Waals surface area (Å²) in [6.45, 7) is 1.26. The van der Waals surface area contributed by atoms with Crippen LogP contribution in [0.1, 0.15) is 33.6 Å². The number of fused-ring (bicyclic) bond motifs is 1. The molecule has 0 aromatic heterocycles. The molecule has 1 aliphatic heterocycles. The molecule has 1 aromatic carbocycles. The lowest BCUT2D eigenvalue weighted by Gasteiger charge is -2.22. The smallest absolute Gasteiger partial charge is 0.261 e. The van der Waals surface area contributed by atoms with E-state index in [0.29, 0.717) is 29.4 Å². The zero-order valence-electron chi connectivity index (χ0n) is 14.8. The molecule has 0 aliphatic carbocycles. The van der Waals surface area contributed by atoms with Gasteiger partial charge in [0.05, 0.1) is 11.1 Å². The molecule has 2 N–H and O–H groups in total. The van der Waals surface area contributed by atoms with E-state index in [9.17, 15) is 14.4 Å². The number of hydrazine groups is 1. The Balaban J connectivity index is 1.78. The lowest BCUT2D eigenvalue weighted by atomic mass is 10.1. The summed E-state index contributed by atoms with van der Waals surface area (Å²) in [7, 11) is 3.24. The number of nitrogens with zero attached hydrogens (tertiary/aromatic N) is 2. The van der Waals surface area contributed by atoms with Gasteiger partial charge in [0.2, 0.25) is 5.91 Å². The van der Waals surface area contributed by atoms with E-state index in [0.717, 1.165) is 11.3 Å². The Labute approximate surface area is 157 Å². The Morgan fingerprint density at radius 3 is 2.42 bits per heavy atom. The monoisotopic (exact) mass is 378 g/mol. The highest BCUT2D eigenvalue weighted by molar-refractivity contribution is 7.80. The Morgan fingerprint density at radius 2 is 1.85 bits per heavy atom. The minimum Gasteiger partial charge on any atom is -0.385 e. The van der Waals surface area contributed by atoms with E-state index in [-0.39, 0.29) is 30.7 Å². The van der Waals surface area contributed by atoms with Crippen molar-refractivity contribution in [1.29, 1.82) is 0 Å². The van der Waals surface area contributed by atoms with Crippen molar-refractivity contribution >= 4 is 35.1 Å². The first kappa shape index (κ1) is 19.8. The quantitative estimate of drug-likeness (QED) is 0.310. The van der Waals surface area contributed by atoms with Crippen molar-refractivity contribution in [3.8, 4) is 0 Å². The molecule has 0 saturated heterocycles. The van der Waals surface area contributed by atoms with Crippen LogP contribution in [0.15, 0.2) is 24.3 Å². The molecule has 9 heteroatoms. The van der Waals surface area contributed by atoms with Gasteiger partial charge in [0.25, 0.3) is 11.8 Å². The normalized spacial score (nSPS) is 12.8. The van der Waals surface area contributed by atoms with Gasteiger partial charge in [-0.2, -0.15) is 0 Å². The van der Waals surface area contributed by atoms with Crippen LogP contribution in [0, 0.1) is 0 Å². The fourth-order valence-electron chi connectivity index (χ4n) is 2.48. The summed E-state index contributed by atoms with van der Waals surface area (Å²) in [5.41, 5.74) is 3.35. The Hall–Kier alpha value is -2.52. The summed E-state index contributed by atoms with van der Waals surface area (Å²) in [4.78, 5) is 37.6. The highest BCUT2D eigenvalue weighted by Gasteiger charge is 2.34. The molecule has 0 unspecified atom stereocenters. The lowest BCUT2D eigenvalue weighted by Crippen LogP contribution is -2.49. The van der Waals surface area contributed by atoms with Gasteiger partial charge in [0.1, 0.15) is 0 Å². The first-order chi connectivity index (χ1) is 12.5. The van der Waals surface area contributed by atoms with Crippen LogP contribution < -0.4 is 10.7 Å². The van der Waals surface area contributed by atoms with E-state index < -0.39 is 0 Å². The molecule has 0 fully saturated rings. The van der Waals surface area contributed by atoms with Gasteiger partial charge >= 0.3 is 0 Å². The van der Waals surface area contributed by atoms with Gasteiger partial charge in [0.15, 0.2) is 5.11 Å². The highest BCUT2D eigenvalue weighted by Crippen LogP contribution is 2.22. The number of carbonyl (C=O) groups excluding carboxylic acids is 3. The Kier molecular flexibility index (Phi) is 7.05. The average Bonchev–Trinajstić information content (AvgIpc) is 2.88. The van der Waals surface area contributed by atoms with Crippen molar-refractivity contribution in [2.45, 2.75) is 12.8 Å². The summed E-state index contributed by atoms with van der Waals surface area (Å²) in [6.07, 6.45) is 0.778. The number of hydrogen-bond acceptors (Lipinski definition) is 5. The Bertz CT molecular complexity index is 675. The SMILES string of the molecule is COCCCNC(=S)N(C)NC(=O)CCN1C(=O)c2ccccc2C1=O. The molecule has 8 nitrogen and oxygen atoms in total. The molecule has 1 aromatic rings. The molecule has 26 heavy (non-hydrogen) atoms. The van der Waals surface area contributed by atoms with Crippen LogP contribution in [0.3, 0.4) is 0 Å². The van der Waals surface area contributed by atoms with Crippen LogP contribution in [0.2, 0.25) is 0 Å². The number of carbonyl (C=O) groups is 3. The maximum atomic E-state index is 12.2. The van der Waals surface area contributed by atoms with Gasteiger partial charge in [0, 0.05) is 40.3 Å². The van der Waals surface area contributed by atoms with Crippen molar-refractivity contribution < 1.29 is 19.1 Å². The molecule has 0 bridgehead atoms. The number of methoxy groups -OCH3 is 1. The van der Waals surface area contributed by atoms with E-state index >= 15 is 0 Å². The predicted molar refractivity (Wildman–Crippen MR) is 99.4 cm³/mol. The number of thiocarbonyl (C=S) groups is 1. The standard InChI is InChI=1S/C17H22N4O4S/c1-20(17(26)18-9-5-11-25-2)19-14(22)8-10-21-15(23)12-6-3-4-7-13(12)16(21)24/h3-4,6-7H,5,8-11H2,1-2H3,(H,18,26)(H,19,22). The van der Waals surface area contributed by atoms with Gasteiger partial charge in [-0.25, -0.2) is 0 Å². The van der Waals surface area contributed by atoms with Crippen molar-refractivity contribution in [3.05, 3.63) is 35.4 Å². The van der Waals surface area contributed by atoms with Crippen molar-refractivity contribution in [1.82, 2.24) is 20.7 Å². The zero-order valence-corrected chi connectivity index (χ0v) is 15.6. The number of imide groups is 1. The maximum Gasteiger partial charge on any atom is 0.261 e. The summed E-state index contributed by atoms with van der Waals surface area (Å²) >= 11 is 5.16. The molecule has 1 heterocycles. The van der Waals surface area contributed by atoms with Gasteiger partial charge in [-0.15, -0.1) is 0 Å². The fourth-order valence-corrected chi connectivity index (χ4v) is 2.63. The number of nitrogens with one attached hydrogen (secondary N) is 2. The molecule has 1 aliphatic rings. The van der Waals surface area contributed by atoms with E-state index in [1.807, 2.05) is 0 Å². The molecule has 3 amide bonds. The lowest BCUT2D eigenvalue weighted by molar-refractivity contribution is -0.124. The molecular formula is C17H22N4O4S. The first-order valence-electron chi connectivity index (χ1n) is 8.21. The molecular weight excluding hydrogens is 356 g/mol. The topological polar surface area (TPSA) is 91.0 Å². The minimum absolute atomic E-state index is 0.0118. The largest absolute Gasteiger partial charge is 0.385 e. The van der Waals surface area contributed by atoms with Gasteiger partial charge in [-0.1, -0.05) is 12.1 Å². The Morgan fingerprint density at radius 1 is 1.23 bits per heavy atom. The second kappa shape index (κ2) is 9.25. The number of rotatable bonds is 7. The second-order valence-electron chi connectivity index (χ2n) is 5.73. The number of ether oxygens (including phenoxy) is 1. The first-order valence-corrected chi connectivity index (χ1v) is 8.61. The van der Waals surface area contributed by atoms with Crippen LogP contribution in [-0.4, -0.2) is 66.6 Å². The van der Waals surface area contributed by atoms with Crippen LogP contribution in [0.5, 0.6) is 0 Å². The molecule has 0 spiro atoms. The summed E-state index contributed by atoms with van der Waals surface area (Å²) in [5.74, 6) is -1.09. The molecule has 140 valence electrons. The fraction of sp³-hybridized carbons (Fsp3) is 0.412. The van der Waals surface area contributed by atoms with E-state index in [4.69, 9.17) is 17.0 Å². The van der Waals surface area contributed by atoms with Crippen LogP contribution in [0.4, 0.5) is 0 Å². The third-order valence-electron chi connectivity index (χ3n) is 3.84. The van der Waals surface area contributed by atoms with E-state index in [2.05, 4.69) is 10.7 Å². The van der Waals surface area contributed by atoms with Gasteiger partial charge in [-0.05, 0) is 30.8 Å². The predicted octanol–water partition coefficient (Wildman–Crippen LogP) is 0.547. The van der Waals surface area contributed by atoms with Crippen LogP contribution in [-0.2, 0) is 9.53 Å². The molecule has 0 radical (unpaired) electrons. The number of benzene rings is 1.